The van der Waals surface area contributed by atoms with Gasteiger partial charge in [0.2, 0.25) is 0 Å². The van der Waals surface area contributed by atoms with Crippen LogP contribution in [0.15, 0.2) is 0 Å². The number of β-amino-alcohol motifs (C(OH)–C–C–N with tert-alkyl or cyclic N) is 1. The molecule has 76 valence electrons. The van der Waals surface area contributed by atoms with Gasteiger partial charge in [0.25, 0.3) is 0 Å². The molecule has 2 atom stereocenters. The Morgan fingerprint density at radius 2 is 2.46 bits per heavy atom. The van der Waals surface area contributed by atoms with Crippen molar-refractivity contribution in [2.24, 2.45) is 5.73 Å². The fourth-order valence-electron chi connectivity index (χ4n) is 1.71. The number of amides is 1. The molecule has 1 heterocycles. The SMILES string of the molecule is COC(=O)N1CC(O)(CN)CC1C. The van der Waals surface area contributed by atoms with E-state index in [9.17, 15) is 9.90 Å². The summed E-state index contributed by atoms with van der Waals surface area (Å²) in [5, 5.41) is 9.81. The van der Waals surface area contributed by atoms with Gasteiger partial charge in [-0.1, -0.05) is 0 Å². The van der Waals surface area contributed by atoms with Crippen molar-refractivity contribution in [1.82, 2.24) is 4.90 Å². The summed E-state index contributed by atoms with van der Waals surface area (Å²) < 4.78 is 4.58. The second kappa shape index (κ2) is 3.51. The molecule has 1 amide bonds. The van der Waals surface area contributed by atoms with Crippen LogP contribution in [0.5, 0.6) is 0 Å². The van der Waals surface area contributed by atoms with Crippen molar-refractivity contribution < 1.29 is 14.6 Å². The summed E-state index contributed by atoms with van der Waals surface area (Å²) in [6.45, 7) is 2.30. The molecule has 0 spiro atoms. The van der Waals surface area contributed by atoms with Crippen molar-refractivity contribution in [3.8, 4) is 0 Å². The molecule has 0 saturated carbocycles. The maximum atomic E-state index is 11.2. The number of hydrogen-bond acceptors (Lipinski definition) is 4. The fraction of sp³-hybridized carbons (Fsp3) is 0.875. The van der Waals surface area contributed by atoms with E-state index in [1.54, 1.807) is 0 Å². The van der Waals surface area contributed by atoms with Crippen LogP contribution in [-0.2, 0) is 4.74 Å². The van der Waals surface area contributed by atoms with E-state index in [0.29, 0.717) is 6.42 Å². The van der Waals surface area contributed by atoms with E-state index in [0.717, 1.165) is 0 Å². The second-order valence-corrected chi connectivity index (χ2v) is 3.58. The topological polar surface area (TPSA) is 75.8 Å². The number of rotatable bonds is 1. The molecule has 5 heteroatoms. The fourth-order valence-corrected chi connectivity index (χ4v) is 1.71. The van der Waals surface area contributed by atoms with Gasteiger partial charge in [-0.25, -0.2) is 4.79 Å². The number of ether oxygens (including phenoxy) is 1. The van der Waals surface area contributed by atoms with Crippen LogP contribution in [0.2, 0.25) is 0 Å². The largest absolute Gasteiger partial charge is 0.453 e. The number of likely N-dealkylation sites (tertiary alicyclic amines) is 1. The molecule has 1 saturated heterocycles. The summed E-state index contributed by atoms with van der Waals surface area (Å²) >= 11 is 0. The Bertz CT molecular complexity index is 210. The van der Waals surface area contributed by atoms with Crippen LogP contribution in [0.4, 0.5) is 4.79 Å². The van der Waals surface area contributed by atoms with Crippen LogP contribution in [0.25, 0.3) is 0 Å². The third-order valence-electron chi connectivity index (χ3n) is 2.46. The van der Waals surface area contributed by atoms with Crippen molar-refractivity contribution in [1.29, 1.82) is 0 Å². The van der Waals surface area contributed by atoms with Crippen LogP contribution in [0.1, 0.15) is 13.3 Å². The predicted molar refractivity (Wildman–Crippen MR) is 47.2 cm³/mol. The summed E-state index contributed by atoms with van der Waals surface area (Å²) in [4.78, 5) is 12.7. The van der Waals surface area contributed by atoms with Gasteiger partial charge in [0.1, 0.15) is 0 Å². The first-order valence-corrected chi connectivity index (χ1v) is 4.29. The highest BCUT2D eigenvalue weighted by molar-refractivity contribution is 5.68. The van der Waals surface area contributed by atoms with Crippen LogP contribution >= 0.6 is 0 Å². The van der Waals surface area contributed by atoms with Gasteiger partial charge in [-0.15, -0.1) is 0 Å². The minimum absolute atomic E-state index is 0.0130. The monoisotopic (exact) mass is 188 g/mol. The number of aliphatic hydroxyl groups is 1. The molecule has 0 aromatic rings. The molecule has 5 nitrogen and oxygen atoms in total. The van der Waals surface area contributed by atoms with Crippen molar-refractivity contribution in [2.45, 2.75) is 25.0 Å². The molecule has 1 aliphatic rings. The van der Waals surface area contributed by atoms with Crippen molar-refractivity contribution >= 4 is 6.09 Å². The zero-order chi connectivity index (χ0) is 10.1. The average Bonchev–Trinajstić information content (AvgIpc) is 2.42. The molecule has 0 radical (unpaired) electrons. The zero-order valence-corrected chi connectivity index (χ0v) is 7.99. The van der Waals surface area contributed by atoms with Crippen molar-refractivity contribution in [2.75, 3.05) is 20.2 Å². The highest BCUT2D eigenvalue weighted by atomic mass is 16.5. The Hall–Kier alpha value is -0.810. The lowest BCUT2D eigenvalue weighted by Crippen LogP contribution is -2.42. The number of carbonyl (C=O) groups is 1. The lowest BCUT2D eigenvalue weighted by molar-refractivity contribution is 0.0552. The highest BCUT2D eigenvalue weighted by Gasteiger charge is 2.42. The van der Waals surface area contributed by atoms with Crippen LogP contribution in [-0.4, -0.2) is 47.9 Å². The number of carbonyl (C=O) groups excluding carboxylic acids is 1. The summed E-state index contributed by atoms with van der Waals surface area (Å²) in [5.74, 6) is 0. The molecule has 1 rings (SSSR count). The van der Waals surface area contributed by atoms with Gasteiger partial charge in [0.15, 0.2) is 0 Å². The lowest BCUT2D eigenvalue weighted by atomic mass is 10.0. The van der Waals surface area contributed by atoms with E-state index in [2.05, 4.69) is 4.74 Å². The Labute approximate surface area is 77.5 Å². The predicted octanol–water partition coefficient (Wildman–Crippen LogP) is -0.463. The average molecular weight is 188 g/mol. The summed E-state index contributed by atoms with van der Waals surface area (Å²) in [5.41, 5.74) is 4.47. The highest BCUT2D eigenvalue weighted by Crippen LogP contribution is 2.26. The molecule has 2 unspecified atom stereocenters. The number of nitrogens with two attached hydrogens (primary N) is 1. The number of nitrogens with zero attached hydrogens (tertiary/aromatic N) is 1. The van der Waals surface area contributed by atoms with Gasteiger partial charge in [-0.3, -0.25) is 0 Å². The van der Waals surface area contributed by atoms with E-state index in [-0.39, 0.29) is 19.1 Å². The van der Waals surface area contributed by atoms with Crippen LogP contribution < -0.4 is 5.73 Å². The van der Waals surface area contributed by atoms with E-state index in [1.807, 2.05) is 6.92 Å². The summed E-state index contributed by atoms with van der Waals surface area (Å²) in [6, 6.07) is -0.0130. The Morgan fingerprint density at radius 1 is 1.85 bits per heavy atom. The quantitative estimate of drug-likeness (QED) is 0.583. The first-order chi connectivity index (χ1) is 6.02. The molecule has 3 N–H and O–H groups in total. The zero-order valence-electron chi connectivity index (χ0n) is 7.99. The Balaban J connectivity index is 2.66. The van der Waals surface area contributed by atoms with Gasteiger partial charge in [0.05, 0.1) is 19.3 Å². The molecule has 0 aromatic carbocycles. The summed E-state index contributed by atoms with van der Waals surface area (Å²) in [6.07, 6.45) is 0.107. The van der Waals surface area contributed by atoms with Gasteiger partial charge in [-0.2, -0.15) is 0 Å². The van der Waals surface area contributed by atoms with Crippen LogP contribution in [0, 0.1) is 0 Å². The molecule has 0 aliphatic carbocycles. The Morgan fingerprint density at radius 3 is 2.85 bits per heavy atom. The lowest BCUT2D eigenvalue weighted by Gasteiger charge is -2.21. The van der Waals surface area contributed by atoms with Crippen molar-refractivity contribution in [3.63, 3.8) is 0 Å². The van der Waals surface area contributed by atoms with Gasteiger partial charge in [-0.05, 0) is 13.3 Å². The number of hydrogen-bond donors (Lipinski definition) is 2. The standard InChI is InChI=1S/C8H16N2O3/c1-6-3-8(12,4-9)5-10(6)7(11)13-2/h6,12H,3-5,9H2,1-2H3. The first-order valence-electron chi connectivity index (χ1n) is 4.29. The maximum Gasteiger partial charge on any atom is 0.409 e. The van der Waals surface area contributed by atoms with Gasteiger partial charge in [0, 0.05) is 12.6 Å². The molecule has 13 heavy (non-hydrogen) atoms. The molecule has 0 bridgehead atoms. The molecule has 1 aliphatic heterocycles. The van der Waals surface area contributed by atoms with Crippen LogP contribution in [0.3, 0.4) is 0 Å². The molecular weight excluding hydrogens is 172 g/mol. The summed E-state index contributed by atoms with van der Waals surface area (Å²) in [7, 11) is 1.33. The molecule has 0 aromatic heterocycles. The second-order valence-electron chi connectivity index (χ2n) is 3.58. The van der Waals surface area contributed by atoms with E-state index in [4.69, 9.17) is 5.73 Å². The molecular formula is C8H16N2O3. The minimum Gasteiger partial charge on any atom is -0.453 e. The van der Waals surface area contributed by atoms with Gasteiger partial charge >= 0.3 is 6.09 Å². The smallest absolute Gasteiger partial charge is 0.409 e. The van der Waals surface area contributed by atoms with Gasteiger partial charge < -0.3 is 20.5 Å². The Kier molecular flexibility index (Phi) is 2.77. The van der Waals surface area contributed by atoms with Crippen molar-refractivity contribution in [3.05, 3.63) is 0 Å². The maximum absolute atomic E-state index is 11.2. The minimum atomic E-state index is -0.937. The van der Waals surface area contributed by atoms with E-state index in [1.165, 1.54) is 12.0 Å². The third kappa shape index (κ3) is 1.92. The van der Waals surface area contributed by atoms with E-state index >= 15 is 0 Å². The number of methoxy groups -OCH3 is 1. The normalized spacial score (nSPS) is 33.5. The third-order valence-corrected chi connectivity index (χ3v) is 2.46. The molecule has 1 fully saturated rings. The first kappa shape index (κ1) is 10.3. The van der Waals surface area contributed by atoms with E-state index < -0.39 is 11.7 Å².